The van der Waals surface area contributed by atoms with E-state index in [0.717, 1.165) is 50.7 Å². The van der Waals surface area contributed by atoms with Crippen molar-refractivity contribution in [3.63, 3.8) is 0 Å². The third-order valence-electron chi connectivity index (χ3n) is 4.52. The number of piperazine rings is 1. The number of carbonyl (C=O) groups excluding carboxylic acids is 2. The first-order valence-electron chi connectivity index (χ1n) is 8.07. The Bertz CT molecular complexity index is 542. The minimum Gasteiger partial charge on any atom is -0.369 e. The first kappa shape index (κ1) is 16.2. The number of nitrogens with zero attached hydrogens (tertiary/aromatic N) is 4. The Morgan fingerprint density at radius 3 is 2.70 bits per heavy atom. The molecule has 0 bridgehead atoms. The molecular weight excluding hydrogens is 314 g/mol. The topological polar surface area (TPSA) is 82.8 Å². The summed E-state index contributed by atoms with van der Waals surface area (Å²) < 4.78 is 0. The fraction of sp³-hybridized carbons (Fsp3) is 0.667. The van der Waals surface area contributed by atoms with Gasteiger partial charge in [0.2, 0.25) is 11.8 Å². The highest BCUT2D eigenvalue weighted by molar-refractivity contribution is 7.13. The summed E-state index contributed by atoms with van der Waals surface area (Å²) in [6.07, 6.45) is 3.66. The van der Waals surface area contributed by atoms with E-state index in [1.165, 1.54) is 0 Å². The Morgan fingerprint density at radius 1 is 1.26 bits per heavy atom. The van der Waals surface area contributed by atoms with Crippen LogP contribution in [0, 0.1) is 5.92 Å². The lowest BCUT2D eigenvalue weighted by Crippen LogP contribution is -2.53. The predicted octanol–water partition coefficient (Wildman–Crippen LogP) is -0.0110. The van der Waals surface area contributed by atoms with Gasteiger partial charge in [-0.05, 0) is 19.4 Å². The summed E-state index contributed by atoms with van der Waals surface area (Å²) >= 11 is 1.63. The summed E-state index contributed by atoms with van der Waals surface area (Å²) in [6, 6.07) is 0. The molecule has 0 radical (unpaired) electrons. The summed E-state index contributed by atoms with van der Waals surface area (Å²) in [5.41, 5.74) is 5.26. The van der Waals surface area contributed by atoms with Gasteiger partial charge in [0.25, 0.3) is 0 Å². The van der Waals surface area contributed by atoms with Crippen molar-refractivity contribution in [2.24, 2.45) is 11.7 Å². The van der Waals surface area contributed by atoms with Crippen molar-refractivity contribution in [2.45, 2.75) is 12.8 Å². The zero-order chi connectivity index (χ0) is 16.2. The Kier molecular flexibility index (Phi) is 5.12. The Hall–Kier alpha value is -1.67. The summed E-state index contributed by atoms with van der Waals surface area (Å²) in [6.45, 7) is 4.89. The van der Waals surface area contributed by atoms with E-state index in [-0.39, 0.29) is 24.3 Å². The van der Waals surface area contributed by atoms with Crippen LogP contribution in [0.5, 0.6) is 0 Å². The number of aromatic nitrogens is 1. The number of hydrogen-bond acceptors (Lipinski definition) is 6. The van der Waals surface area contributed by atoms with Crippen LogP contribution in [-0.4, -0.2) is 72.4 Å². The predicted molar refractivity (Wildman–Crippen MR) is 89.3 cm³/mol. The SMILES string of the molecule is NC(=O)CN1CCC[C@@H](C(=O)N2CCN(c3nccs3)CC2)C1. The van der Waals surface area contributed by atoms with E-state index >= 15 is 0 Å². The van der Waals surface area contributed by atoms with Gasteiger partial charge in [-0.3, -0.25) is 14.5 Å². The highest BCUT2D eigenvalue weighted by atomic mass is 32.1. The molecule has 1 atom stereocenters. The van der Waals surface area contributed by atoms with Crippen molar-refractivity contribution < 1.29 is 9.59 Å². The van der Waals surface area contributed by atoms with Crippen LogP contribution >= 0.6 is 11.3 Å². The van der Waals surface area contributed by atoms with Crippen LogP contribution in [0.3, 0.4) is 0 Å². The van der Waals surface area contributed by atoms with E-state index in [2.05, 4.69) is 9.88 Å². The number of nitrogens with two attached hydrogens (primary N) is 1. The van der Waals surface area contributed by atoms with E-state index in [1.54, 1.807) is 11.3 Å². The number of amides is 2. The summed E-state index contributed by atoms with van der Waals surface area (Å²) in [5.74, 6) is -0.109. The molecule has 3 rings (SSSR count). The van der Waals surface area contributed by atoms with Gasteiger partial charge in [-0.1, -0.05) is 0 Å². The highest BCUT2D eigenvalue weighted by Crippen LogP contribution is 2.22. The van der Waals surface area contributed by atoms with Gasteiger partial charge < -0.3 is 15.5 Å². The number of anilines is 1. The number of primary amides is 1. The van der Waals surface area contributed by atoms with Crippen LogP contribution in [0.15, 0.2) is 11.6 Å². The van der Waals surface area contributed by atoms with Crippen molar-refractivity contribution >= 4 is 28.3 Å². The van der Waals surface area contributed by atoms with Crippen LogP contribution in [0.2, 0.25) is 0 Å². The molecule has 23 heavy (non-hydrogen) atoms. The van der Waals surface area contributed by atoms with Gasteiger partial charge in [0.05, 0.1) is 12.5 Å². The lowest BCUT2D eigenvalue weighted by molar-refractivity contribution is -0.138. The Morgan fingerprint density at radius 2 is 2.04 bits per heavy atom. The third kappa shape index (κ3) is 4.00. The third-order valence-corrected chi connectivity index (χ3v) is 5.35. The molecule has 7 nitrogen and oxygen atoms in total. The molecule has 2 N–H and O–H groups in total. The molecule has 2 aliphatic rings. The van der Waals surface area contributed by atoms with E-state index < -0.39 is 0 Å². The molecule has 0 saturated carbocycles. The number of rotatable bonds is 4. The lowest BCUT2D eigenvalue weighted by Gasteiger charge is -2.38. The molecule has 1 aromatic heterocycles. The summed E-state index contributed by atoms with van der Waals surface area (Å²) in [5, 5.41) is 3.00. The zero-order valence-electron chi connectivity index (χ0n) is 13.2. The first-order chi connectivity index (χ1) is 11.1. The van der Waals surface area contributed by atoms with Crippen LogP contribution in [0.4, 0.5) is 5.13 Å². The van der Waals surface area contributed by atoms with Crippen LogP contribution in [-0.2, 0) is 9.59 Å². The molecular formula is C15H23N5O2S. The highest BCUT2D eigenvalue weighted by Gasteiger charge is 2.31. The number of piperidine rings is 1. The zero-order valence-corrected chi connectivity index (χ0v) is 14.0. The van der Waals surface area contributed by atoms with Gasteiger partial charge in [0.1, 0.15) is 0 Å². The average molecular weight is 337 g/mol. The molecule has 0 unspecified atom stereocenters. The molecule has 0 aromatic carbocycles. The standard InChI is InChI=1S/C15H23N5O2S/c16-13(21)11-18-4-1-2-12(10-18)14(22)19-5-7-20(8-6-19)15-17-3-9-23-15/h3,9,12H,1-2,4-8,10-11H2,(H2,16,21)/t12-/m1/s1. The van der Waals surface area contributed by atoms with Crippen molar-refractivity contribution in [1.82, 2.24) is 14.8 Å². The number of thiazole rings is 1. The fourth-order valence-corrected chi connectivity index (χ4v) is 4.07. The van der Waals surface area contributed by atoms with E-state index in [9.17, 15) is 9.59 Å². The van der Waals surface area contributed by atoms with Gasteiger partial charge in [0.15, 0.2) is 5.13 Å². The van der Waals surface area contributed by atoms with Crippen LogP contribution < -0.4 is 10.6 Å². The summed E-state index contributed by atoms with van der Waals surface area (Å²) in [7, 11) is 0. The average Bonchev–Trinajstić information content (AvgIpc) is 3.08. The van der Waals surface area contributed by atoms with Crippen LogP contribution in [0.1, 0.15) is 12.8 Å². The summed E-state index contributed by atoms with van der Waals surface area (Å²) in [4.78, 5) is 34.3. The molecule has 126 valence electrons. The molecule has 3 heterocycles. The molecule has 2 aliphatic heterocycles. The van der Waals surface area contributed by atoms with Crippen molar-refractivity contribution in [3.05, 3.63) is 11.6 Å². The smallest absolute Gasteiger partial charge is 0.231 e. The van der Waals surface area contributed by atoms with Gasteiger partial charge >= 0.3 is 0 Å². The molecule has 1 aromatic rings. The van der Waals surface area contributed by atoms with E-state index in [4.69, 9.17) is 5.73 Å². The van der Waals surface area contributed by atoms with Crippen molar-refractivity contribution in [1.29, 1.82) is 0 Å². The van der Waals surface area contributed by atoms with E-state index in [1.807, 2.05) is 21.4 Å². The van der Waals surface area contributed by atoms with Crippen molar-refractivity contribution in [2.75, 3.05) is 50.7 Å². The molecule has 8 heteroatoms. The Labute approximate surface area is 140 Å². The second-order valence-electron chi connectivity index (χ2n) is 6.17. The fourth-order valence-electron chi connectivity index (χ4n) is 3.37. The molecule has 2 amide bonds. The van der Waals surface area contributed by atoms with Gasteiger partial charge in [-0.25, -0.2) is 4.98 Å². The maximum Gasteiger partial charge on any atom is 0.231 e. The van der Waals surface area contributed by atoms with Gasteiger partial charge in [-0.15, -0.1) is 11.3 Å². The van der Waals surface area contributed by atoms with Crippen molar-refractivity contribution in [3.8, 4) is 0 Å². The normalized spacial score (nSPS) is 23.0. The monoisotopic (exact) mass is 337 g/mol. The molecule has 2 fully saturated rings. The van der Waals surface area contributed by atoms with Gasteiger partial charge in [-0.2, -0.15) is 0 Å². The number of hydrogen-bond donors (Lipinski definition) is 1. The largest absolute Gasteiger partial charge is 0.369 e. The second kappa shape index (κ2) is 7.27. The van der Waals surface area contributed by atoms with Gasteiger partial charge in [0, 0.05) is 44.3 Å². The van der Waals surface area contributed by atoms with E-state index in [0.29, 0.717) is 6.54 Å². The minimum absolute atomic E-state index is 0.00508. The quantitative estimate of drug-likeness (QED) is 0.835. The number of likely N-dealkylation sites (tertiary alicyclic amines) is 1. The lowest BCUT2D eigenvalue weighted by atomic mass is 9.96. The molecule has 2 saturated heterocycles. The van der Waals surface area contributed by atoms with Crippen LogP contribution in [0.25, 0.3) is 0 Å². The first-order valence-corrected chi connectivity index (χ1v) is 8.95. The number of carbonyl (C=O) groups is 2. The maximum atomic E-state index is 12.7. The minimum atomic E-state index is -0.324. The maximum absolute atomic E-state index is 12.7. The second-order valence-corrected chi connectivity index (χ2v) is 7.04. The molecule has 0 spiro atoms. The Balaban J connectivity index is 1.51. The molecule has 0 aliphatic carbocycles.